The summed E-state index contributed by atoms with van der Waals surface area (Å²) in [7, 11) is 0. The van der Waals surface area contributed by atoms with Crippen LogP contribution in [-0.2, 0) is 0 Å². The minimum Gasteiger partial charge on any atom is -0.326 e. The van der Waals surface area contributed by atoms with Gasteiger partial charge in [-0.25, -0.2) is 0 Å². The third kappa shape index (κ3) is 2.63. The van der Waals surface area contributed by atoms with Gasteiger partial charge in [0, 0.05) is 17.0 Å². The highest BCUT2D eigenvalue weighted by atomic mass is 32.1. The van der Waals surface area contributed by atoms with Crippen molar-refractivity contribution >= 4 is 11.3 Å². The van der Waals surface area contributed by atoms with Crippen molar-refractivity contribution in [3.05, 3.63) is 21.9 Å². The summed E-state index contributed by atoms with van der Waals surface area (Å²) in [4.78, 5) is 4.10. The maximum Gasteiger partial charge on any atom is 0.0595 e. The summed E-state index contributed by atoms with van der Waals surface area (Å²) in [5.74, 6) is 0.778. The Morgan fingerprint density at radius 3 is 2.72 bits per heavy atom. The lowest BCUT2D eigenvalue weighted by Gasteiger charge is -2.44. The largest absolute Gasteiger partial charge is 0.326 e. The third-order valence-corrected chi connectivity index (χ3v) is 5.54. The molecule has 2 N–H and O–H groups in total. The van der Waals surface area contributed by atoms with E-state index >= 15 is 0 Å². The molecular formula is C15H26N2S. The van der Waals surface area contributed by atoms with Crippen LogP contribution in [0.4, 0.5) is 0 Å². The van der Waals surface area contributed by atoms with Gasteiger partial charge in [0.1, 0.15) is 0 Å². The molecule has 4 unspecified atom stereocenters. The Bertz CT molecular complexity index is 386. The van der Waals surface area contributed by atoms with Crippen molar-refractivity contribution in [2.45, 2.75) is 58.7 Å². The smallest absolute Gasteiger partial charge is 0.0595 e. The van der Waals surface area contributed by atoms with Crippen LogP contribution in [-0.4, -0.2) is 23.5 Å². The van der Waals surface area contributed by atoms with Gasteiger partial charge in [-0.3, -0.25) is 4.90 Å². The summed E-state index contributed by atoms with van der Waals surface area (Å²) in [5.41, 5.74) is 7.70. The number of likely N-dealkylation sites (tertiary alicyclic amines) is 1. The Morgan fingerprint density at radius 1 is 1.44 bits per heavy atom. The van der Waals surface area contributed by atoms with Gasteiger partial charge in [-0.2, -0.15) is 0 Å². The molecule has 1 aromatic heterocycles. The molecule has 1 aliphatic heterocycles. The van der Waals surface area contributed by atoms with Crippen LogP contribution in [0.1, 0.15) is 50.1 Å². The predicted molar refractivity (Wildman–Crippen MR) is 80.0 cm³/mol. The summed E-state index contributed by atoms with van der Waals surface area (Å²) >= 11 is 1.86. The molecule has 1 saturated heterocycles. The second-order valence-corrected chi connectivity index (χ2v) is 6.82. The van der Waals surface area contributed by atoms with Crippen molar-refractivity contribution in [1.82, 2.24) is 4.90 Å². The fourth-order valence-corrected chi connectivity index (χ4v) is 4.30. The molecule has 2 heterocycles. The zero-order chi connectivity index (χ0) is 13.3. The van der Waals surface area contributed by atoms with Gasteiger partial charge in [-0.05, 0) is 63.1 Å². The Kier molecular flexibility index (Phi) is 4.46. The van der Waals surface area contributed by atoms with E-state index in [2.05, 4.69) is 44.0 Å². The van der Waals surface area contributed by atoms with Crippen LogP contribution in [0.5, 0.6) is 0 Å². The van der Waals surface area contributed by atoms with E-state index in [0.29, 0.717) is 12.1 Å². The first-order valence-corrected chi connectivity index (χ1v) is 7.95. The molecule has 1 fully saturated rings. The van der Waals surface area contributed by atoms with E-state index in [1.54, 1.807) is 0 Å². The van der Waals surface area contributed by atoms with Crippen LogP contribution >= 0.6 is 11.3 Å². The molecule has 1 aromatic rings. The number of rotatable bonds is 3. The van der Waals surface area contributed by atoms with E-state index in [4.69, 9.17) is 5.73 Å². The first kappa shape index (κ1) is 14.0. The van der Waals surface area contributed by atoms with Gasteiger partial charge in [-0.1, -0.05) is 6.92 Å². The van der Waals surface area contributed by atoms with E-state index in [0.717, 1.165) is 5.92 Å². The van der Waals surface area contributed by atoms with Crippen LogP contribution in [0, 0.1) is 12.8 Å². The Hall–Kier alpha value is -0.380. The SMILES string of the molecule is Cc1ccsc1C(C(C)N)N1CCCC(C)C1C. The predicted octanol–water partition coefficient (Wildman–Crippen LogP) is 3.57. The Morgan fingerprint density at radius 2 is 2.17 bits per heavy atom. The van der Waals surface area contributed by atoms with Crippen molar-refractivity contribution in [3.8, 4) is 0 Å². The highest BCUT2D eigenvalue weighted by molar-refractivity contribution is 7.10. The van der Waals surface area contributed by atoms with Crippen LogP contribution in [0.3, 0.4) is 0 Å². The fourth-order valence-electron chi connectivity index (χ4n) is 3.14. The lowest BCUT2D eigenvalue weighted by Crippen LogP contribution is -2.49. The van der Waals surface area contributed by atoms with E-state index in [9.17, 15) is 0 Å². The number of thiophene rings is 1. The van der Waals surface area contributed by atoms with Gasteiger partial charge in [0.15, 0.2) is 0 Å². The van der Waals surface area contributed by atoms with Crippen molar-refractivity contribution < 1.29 is 0 Å². The number of nitrogens with two attached hydrogens (primary N) is 1. The molecule has 0 bridgehead atoms. The molecule has 3 heteroatoms. The summed E-state index contributed by atoms with van der Waals surface area (Å²) in [6.45, 7) is 10.3. The van der Waals surface area contributed by atoms with Crippen LogP contribution in [0.2, 0.25) is 0 Å². The van der Waals surface area contributed by atoms with Crippen molar-refractivity contribution in [3.63, 3.8) is 0 Å². The third-order valence-electron chi connectivity index (χ3n) is 4.45. The summed E-state index contributed by atoms with van der Waals surface area (Å²) in [6.07, 6.45) is 2.66. The Balaban J connectivity index is 2.28. The zero-order valence-electron chi connectivity index (χ0n) is 12.0. The van der Waals surface area contributed by atoms with Crippen molar-refractivity contribution in [2.24, 2.45) is 11.7 Å². The molecule has 2 rings (SSSR count). The summed E-state index contributed by atoms with van der Waals surface area (Å²) < 4.78 is 0. The van der Waals surface area contributed by atoms with Gasteiger partial charge in [0.05, 0.1) is 6.04 Å². The highest BCUT2D eigenvalue weighted by Crippen LogP contribution is 2.36. The molecule has 0 saturated carbocycles. The number of hydrogen-bond donors (Lipinski definition) is 1. The van der Waals surface area contributed by atoms with Gasteiger partial charge in [0.25, 0.3) is 0 Å². The zero-order valence-corrected chi connectivity index (χ0v) is 12.8. The first-order valence-electron chi connectivity index (χ1n) is 7.07. The number of hydrogen-bond acceptors (Lipinski definition) is 3. The quantitative estimate of drug-likeness (QED) is 0.906. The maximum atomic E-state index is 6.30. The van der Waals surface area contributed by atoms with Crippen molar-refractivity contribution in [2.75, 3.05) is 6.54 Å². The lowest BCUT2D eigenvalue weighted by molar-refractivity contribution is 0.0593. The van der Waals surface area contributed by atoms with Crippen LogP contribution in [0.15, 0.2) is 11.4 Å². The molecule has 18 heavy (non-hydrogen) atoms. The maximum absolute atomic E-state index is 6.30. The molecular weight excluding hydrogens is 240 g/mol. The van der Waals surface area contributed by atoms with Crippen molar-refractivity contribution in [1.29, 1.82) is 0 Å². The molecule has 1 aliphatic rings. The average Bonchev–Trinajstić information content (AvgIpc) is 2.71. The highest BCUT2D eigenvalue weighted by Gasteiger charge is 2.34. The number of aryl methyl sites for hydroxylation is 1. The van der Waals surface area contributed by atoms with Gasteiger partial charge in [-0.15, -0.1) is 11.3 Å². The molecule has 102 valence electrons. The normalized spacial score (nSPS) is 29.2. The minimum absolute atomic E-state index is 0.190. The van der Waals surface area contributed by atoms with E-state index in [1.165, 1.54) is 29.8 Å². The molecule has 0 radical (unpaired) electrons. The average molecular weight is 266 g/mol. The van der Waals surface area contributed by atoms with E-state index in [-0.39, 0.29) is 6.04 Å². The summed E-state index contributed by atoms with van der Waals surface area (Å²) in [5, 5.41) is 2.19. The molecule has 0 aliphatic carbocycles. The van der Waals surface area contributed by atoms with E-state index < -0.39 is 0 Å². The second-order valence-electron chi connectivity index (χ2n) is 5.87. The number of nitrogens with zero attached hydrogens (tertiary/aromatic N) is 1. The standard InChI is InChI=1S/C15H26N2S/c1-10-6-5-8-17(13(10)4)14(12(3)16)15-11(2)7-9-18-15/h7,9-10,12-14H,5-6,8,16H2,1-4H3. The molecule has 0 spiro atoms. The second kappa shape index (κ2) is 5.72. The van der Waals surface area contributed by atoms with Gasteiger partial charge in [0.2, 0.25) is 0 Å². The monoisotopic (exact) mass is 266 g/mol. The first-order chi connectivity index (χ1) is 8.52. The molecule has 2 nitrogen and oxygen atoms in total. The van der Waals surface area contributed by atoms with Crippen LogP contribution < -0.4 is 5.73 Å². The minimum atomic E-state index is 0.190. The van der Waals surface area contributed by atoms with Crippen LogP contribution in [0.25, 0.3) is 0 Å². The molecule has 4 atom stereocenters. The van der Waals surface area contributed by atoms with Gasteiger partial charge < -0.3 is 5.73 Å². The topological polar surface area (TPSA) is 29.3 Å². The fraction of sp³-hybridized carbons (Fsp3) is 0.733. The number of piperidine rings is 1. The molecule has 0 amide bonds. The lowest BCUT2D eigenvalue weighted by atomic mass is 9.89. The summed E-state index contributed by atoms with van der Waals surface area (Å²) in [6, 6.07) is 3.43. The van der Waals surface area contributed by atoms with E-state index in [1.807, 2.05) is 11.3 Å². The van der Waals surface area contributed by atoms with Gasteiger partial charge >= 0.3 is 0 Å². The Labute approximate surface area is 115 Å². The molecule has 0 aromatic carbocycles.